The molecule has 4 atom stereocenters. The monoisotopic (exact) mass is 668 g/mol. The van der Waals surface area contributed by atoms with E-state index >= 15 is 0 Å². The third-order valence-corrected chi connectivity index (χ3v) is 11.2. The van der Waals surface area contributed by atoms with Crippen LogP contribution in [-0.2, 0) is 19.4 Å². The van der Waals surface area contributed by atoms with Gasteiger partial charge in [0.05, 0.1) is 29.6 Å². The maximum absolute atomic E-state index is 15.0. The van der Waals surface area contributed by atoms with Crippen LogP contribution >= 0.6 is 0 Å². The molecule has 3 saturated carbocycles. The smallest absolute Gasteiger partial charge is 0.347 e. The van der Waals surface area contributed by atoms with E-state index in [2.05, 4.69) is 10.6 Å². The second kappa shape index (κ2) is 12.4. The van der Waals surface area contributed by atoms with Crippen molar-refractivity contribution in [1.82, 2.24) is 5.32 Å². The van der Waals surface area contributed by atoms with Crippen LogP contribution in [0, 0.1) is 23.6 Å². The van der Waals surface area contributed by atoms with Crippen molar-refractivity contribution in [2.75, 3.05) is 12.4 Å². The van der Waals surface area contributed by atoms with Gasteiger partial charge in [0.1, 0.15) is 5.75 Å². The number of sulfone groups is 1. The average molecular weight is 669 g/mol. The van der Waals surface area contributed by atoms with Crippen molar-refractivity contribution >= 4 is 33.3 Å². The van der Waals surface area contributed by atoms with Gasteiger partial charge in [-0.25, -0.2) is 17.6 Å². The van der Waals surface area contributed by atoms with Crippen LogP contribution in [0.1, 0.15) is 62.2 Å². The number of carboxylic acid groups (broad SMARTS) is 1. The van der Waals surface area contributed by atoms with Crippen molar-refractivity contribution in [2.24, 2.45) is 17.8 Å². The van der Waals surface area contributed by atoms with E-state index in [1.807, 2.05) is 0 Å². The Morgan fingerprint density at radius 3 is 2.33 bits per heavy atom. The highest BCUT2D eigenvalue weighted by Crippen LogP contribution is 2.49. The Morgan fingerprint density at radius 2 is 1.70 bits per heavy atom. The van der Waals surface area contributed by atoms with Gasteiger partial charge in [-0.2, -0.15) is 8.78 Å². The number of ether oxygens (including phenoxy) is 2. The second-order valence-corrected chi connectivity index (χ2v) is 14.5. The lowest BCUT2D eigenvalue weighted by Crippen LogP contribution is -2.48. The summed E-state index contributed by atoms with van der Waals surface area (Å²) in [6.45, 7) is 0.277. The zero-order valence-corrected chi connectivity index (χ0v) is 25.9. The molecule has 0 aromatic heterocycles. The summed E-state index contributed by atoms with van der Waals surface area (Å²) < 4.78 is 77.9. The Bertz CT molecular complexity index is 1640. The van der Waals surface area contributed by atoms with E-state index in [0.717, 1.165) is 31.0 Å². The number of halogens is 3. The fourth-order valence-corrected chi connectivity index (χ4v) is 7.78. The molecule has 11 nitrogen and oxygen atoms in total. The number of anilines is 1. The molecule has 2 aromatic carbocycles. The molecule has 250 valence electrons. The van der Waals surface area contributed by atoms with Gasteiger partial charge >= 0.3 is 11.2 Å². The Kier molecular flexibility index (Phi) is 9.03. The summed E-state index contributed by atoms with van der Waals surface area (Å²) in [5, 5.41) is 20.9. The van der Waals surface area contributed by atoms with Gasteiger partial charge < -0.3 is 30.3 Å². The van der Waals surface area contributed by atoms with Crippen molar-refractivity contribution in [2.45, 2.75) is 79.8 Å². The quantitative estimate of drug-likeness (QED) is 0.291. The zero-order chi connectivity index (χ0) is 33.6. The van der Waals surface area contributed by atoms with Gasteiger partial charge in [-0.1, -0.05) is 6.07 Å². The number of fused-ring (bicyclic) bond motifs is 2. The fourth-order valence-electron chi connectivity index (χ4n) is 6.83. The zero-order valence-electron chi connectivity index (χ0n) is 25.1. The van der Waals surface area contributed by atoms with E-state index < -0.39 is 67.3 Å². The lowest BCUT2D eigenvalue weighted by molar-refractivity contribution is -0.163. The van der Waals surface area contributed by atoms with Crippen LogP contribution in [0.25, 0.3) is 0 Å². The number of alkyl halides is 2. The van der Waals surface area contributed by atoms with Crippen LogP contribution in [-0.4, -0.2) is 66.5 Å². The summed E-state index contributed by atoms with van der Waals surface area (Å²) >= 11 is 0. The van der Waals surface area contributed by atoms with Crippen molar-refractivity contribution in [3.05, 3.63) is 47.8 Å². The number of amides is 2. The van der Waals surface area contributed by atoms with Gasteiger partial charge in [0.15, 0.2) is 17.2 Å². The Labute approximate surface area is 263 Å². The number of carbonyl (C=O) groups excluding carboxylic acids is 2. The molecule has 46 heavy (non-hydrogen) atoms. The molecule has 3 aliphatic rings. The first kappa shape index (κ1) is 33.5. The molecule has 0 unspecified atom stereocenters. The topological polar surface area (TPSA) is 168 Å². The molecule has 2 bridgehead atoms. The number of rotatable bonds is 10. The number of aliphatic hydroxyl groups is 1. The number of nitrogens with one attached hydrogen (secondary N) is 2. The maximum atomic E-state index is 15.0. The predicted octanol–water partition coefficient (Wildman–Crippen LogP) is 4.14. The van der Waals surface area contributed by atoms with E-state index in [9.17, 15) is 46.2 Å². The summed E-state index contributed by atoms with van der Waals surface area (Å²) in [5.74, 6) is -4.51. The molecule has 4 N–H and O–H groups in total. The van der Waals surface area contributed by atoms with E-state index in [1.54, 1.807) is 0 Å². The van der Waals surface area contributed by atoms with Gasteiger partial charge in [0, 0.05) is 24.7 Å². The molecule has 2 amide bonds. The maximum Gasteiger partial charge on any atom is 0.347 e. The molecular weight excluding hydrogens is 633 g/mol. The number of benzene rings is 2. The normalized spacial score (nSPS) is 27.6. The number of hydrogen-bond donors (Lipinski definition) is 4. The molecule has 0 spiro atoms. The molecule has 0 saturated heterocycles. The highest BCUT2D eigenvalue weighted by molar-refractivity contribution is 7.92. The van der Waals surface area contributed by atoms with Crippen molar-refractivity contribution in [3.8, 4) is 11.5 Å². The minimum absolute atomic E-state index is 0.00896. The number of hydrogen-bond acceptors (Lipinski definition) is 8. The standard InChI is InChI=1S/C31H35F3N2O9S/c1-30(33,34)46(42,43)20-5-3-4-18(13-20)35-28(38)25-16-6-7-17(12-16)26(25)36-27(37)21-14-24(22(32)15-23(21)44-2)45-19-8-10-31(41,11-9-19)29(39)40/h3-5,13-17,19,25-26,41H,6-12H2,1-2H3,(H,35,38)(H,36,37)(H,39,40)/t16-,17+,19-,25-,26+,31-/m0/s1. The minimum Gasteiger partial charge on any atom is -0.496 e. The molecule has 3 aliphatic carbocycles. The summed E-state index contributed by atoms with van der Waals surface area (Å²) in [7, 11) is -3.72. The minimum atomic E-state index is -4.98. The third-order valence-electron chi connectivity index (χ3n) is 9.35. The molecule has 3 fully saturated rings. The van der Waals surface area contributed by atoms with E-state index in [4.69, 9.17) is 9.47 Å². The van der Waals surface area contributed by atoms with Crippen LogP contribution in [0.4, 0.5) is 18.9 Å². The Hall–Kier alpha value is -3.85. The van der Waals surface area contributed by atoms with Gasteiger partial charge in [-0.3, -0.25) is 9.59 Å². The highest BCUT2D eigenvalue weighted by Gasteiger charge is 2.51. The predicted molar refractivity (Wildman–Crippen MR) is 157 cm³/mol. The number of carboxylic acids is 1. The summed E-state index contributed by atoms with van der Waals surface area (Å²) in [6.07, 6.45) is 1.64. The summed E-state index contributed by atoms with van der Waals surface area (Å²) in [6, 6.07) is 6.14. The number of methoxy groups -OCH3 is 1. The van der Waals surface area contributed by atoms with Gasteiger partial charge in [-0.05, 0) is 81.0 Å². The van der Waals surface area contributed by atoms with Crippen LogP contribution in [0.5, 0.6) is 11.5 Å². The van der Waals surface area contributed by atoms with Crippen molar-refractivity contribution in [3.63, 3.8) is 0 Å². The van der Waals surface area contributed by atoms with Crippen LogP contribution < -0.4 is 20.1 Å². The average Bonchev–Trinajstić information content (AvgIpc) is 3.60. The molecular formula is C31H35F3N2O9S. The Balaban J connectivity index is 1.32. The van der Waals surface area contributed by atoms with Gasteiger partial charge in [0.2, 0.25) is 15.7 Å². The Morgan fingerprint density at radius 1 is 1.02 bits per heavy atom. The lowest BCUT2D eigenvalue weighted by Gasteiger charge is -2.33. The highest BCUT2D eigenvalue weighted by atomic mass is 32.2. The van der Waals surface area contributed by atoms with Crippen LogP contribution in [0.2, 0.25) is 0 Å². The number of carbonyl (C=O) groups is 3. The molecule has 15 heteroatoms. The first-order valence-electron chi connectivity index (χ1n) is 14.9. The molecule has 2 aromatic rings. The van der Waals surface area contributed by atoms with Crippen LogP contribution in [0.3, 0.4) is 0 Å². The van der Waals surface area contributed by atoms with Crippen molar-refractivity contribution in [1.29, 1.82) is 0 Å². The number of aliphatic carboxylic acids is 1. The molecule has 0 radical (unpaired) electrons. The first-order chi connectivity index (χ1) is 21.5. The first-order valence-corrected chi connectivity index (χ1v) is 16.4. The largest absolute Gasteiger partial charge is 0.496 e. The molecule has 0 heterocycles. The summed E-state index contributed by atoms with van der Waals surface area (Å²) in [4.78, 5) is 37.8. The van der Waals surface area contributed by atoms with Gasteiger partial charge in [0.25, 0.3) is 5.91 Å². The lowest BCUT2D eigenvalue weighted by atomic mass is 9.83. The SMILES string of the molecule is COc1cc(F)c(O[C@H]2CC[C@@](O)(C(=O)O)CC2)cc1C(=O)N[C@@H]1[C@@H]2CC[C@@H](C2)[C@@H]1C(=O)Nc1cccc(S(=O)(=O)C(C)(F)F)c1. The third kappa shape index (κ3) is 6.39. The fraction of sp³-hybridized carbons (Fsp3) is 0.516. The van der Waals surface area contributed by atoms with E-state index in [0.29, 0.717) is 6.42 Å². The summed E-state index contributed by atoms with van der Waals surface area (Å²) in [5.41, 5.74) is -1.93. The molecule has 5 rings (SSSR count). The van der Waals surface area contributed by atoms with Crippen LogP contribution in [0.15, 0.2) is 41.3 Å². The van der Waals surface area contributed by atoms with E-state index in [-0.39, 0.29) is 67.2 Å². The van der Waals surface area contributed by atoms with Gasteiger partial charge in [-0.15, -0.1) is 0 Å². The van der Waals surface area contributed by atoms with Crippen molar-refractivity contribution < 1.29 is 55.7 Å². The van der Waals surface area contributed by atoms with E-state index in [1.165, 1.54) is 25.3 Å². The second-order valence-electron chi connectivity index (χ2n) is 12.3. The molecule has 0 aliphatic heterocycles.